The minimum absolute atomic E-state index is 0.0317. The van der Waals surface area contributed by atoms with Crippen LogP contribution in [0.3, 0.4) is 0 Å². The standard InChI is InChI=1S/C47H48ClFN10O6/c48-36-3-1-2-4-38(36)53-43(62)29-7-11-30(12-8-29)51-42-37(49)27-50-47(55-42)52-31-9-5-28(6-10-31)25-41(61)58-23-21-57(22-24-58)32-17-19-56(20-18-32)33-13-14-34-35(26-33)46(65)59(45(34)64)39-15-16-40(60)54-44(39)63/h1-14,26-27,32,39-40,43,53,60,62H,15-25H2,(H,54,63)(H2,50,51,52,55). The van der Waals surface area contributed by atoms with Gasteiger partial charge in [-0.25, -0.2) is 9.37 Å². The van der Waals surface area contributed by atoms with E-state index in [-0.39, 0.29) is 42.5 Å². The number of hydrogen-bond acceptors (Lipinski definition) is 13. The average Bonchev–Trinajstić information content (AvgIpc) is 3.56. The Morgan fingerprint density at radius 2 is 1.52 bits per heavy atom. The molecule has 0 saturated carbocycles. The zero-order chi connectivity index (χ0) is 45.2. The lowest BCUT2D eigenvalue weighted by atomic mass is 10.0. The van der Waals surface area contributed by atoms with Crippen LogP contribution in [0.1, 0.15) is 63.8 Å². The summed E-state index contributed by atoms with van der Waals surface area (Å²) in [5, 5.41) is 32.3. The SMILES string of the molecule is O=C1NC(O)CCC1N1C(=O)c2ccc(N3CCC(N4CCN(C(=O)Cc5ccc(Nc6ncc(F)c(Nc7ccc(C(O)Nc8ccccc8Cl)cc7)n6)cc5)CC4)CC3)cc2C1=O. The van der Waals surface area contributed by atoms with Gasteiger partial charge < -0.3 is 41.3 Å². The summed E-state index contributed by atoms with van der Waals surface area (Å²) in [6, 6.07) is 26.0. The number of aromatic nitrogens is 2. The summed E-state index contributed by atoms with van der Waals surface area (Å²) in [6.45, 7) is 4.39. The summed E-state index contributed by atoms with van der Waals surface area (Å²) in [6.07, 6.45) is 1.66. The minimum Gasteiger partial charge on any atom is -0.374 e. The maximum Gasteiger partial charge on any atom is 0.262 e. The van der Waals surface area contributed by atoms with Crippen LogP contribution in [0.25, 0.3) is 0 Å². The number of amides is 4. The molecule has 0 spiro atoms. The van der Waals surface area contributed by atoms with E-state index in [2.05, 4.69) is 41.0 Å². The quantitative estimate of drug-likeness (QED) is 0.0689. The van der Waals surface area contributed by atoms with Crippen LogP contribution in [-0.4, -0.2) is 116 Å². The van der Waals surface area contributed by atoms with Crippen molar-refractivity contribution in [2.45, 2.75) is 56.6 Å². The van der Waals surface area contributed by atoms with Gasteiger partial charge in [-0.3, -0.25) is 29.0 Å². The maximum absolute atomic E-state index is 14.8. The number of anilines is 6. The van der Waals surface area contributed by atoms with Gasteiger partial charge in [-0.1, -0.05) is 48.0 Å². The molecule has 16 nitrogen and oxygen atoms in total. The lowest BCUT2D eigenvalue weighted by Gasteiger charge is -2.43. The van der Waals surface area contributed by atoms with Gasteiger partial charge in [-0.15, -0.1) is 0 Å². The predicted molar refractivity (Wildman–Crippen MR) is 243 cm³/mol. The molecule has 5 heterocycles. The van der Waals surface area contributed by atoms with Crippen molar-refractivity contribution < 1.29 is 33.8 Å². The van der Waals surface area contributed by atoms with Crippen LogP contribution in [-0.2, 0) is 16.0 Å². The number of carbonyl (C=O) groups is 4. The van der Waals surface area contributed by atoms with Gasteiger partial charge in [-0.2, -0.15) is 4.98 Å². The smallest absolute Gasteiger partial charge is 0.262 e. The van der Waals surface area contributed by atoms with Crippen molar-refractivity contribution in [1.29, 1.82) is 0 Å². The zero-order valence-electron chi connectivity index (χ0n) is 35.3. The van der Waals surface area contributed by atoms with Crippen molar-refractivity contribution in [1.82, 2.24) is 30.0 Å². The molecule has 9 rings (SSSR count). The van der Waals surface area contributed by atoms with Crippen LogP contribution in [0, 0.1) is 5.82 Å². The van der Waals surface area contributed by atoms with Gasteiger partial charge in [-0.05, 0) is 85.8 Å². The monoisotopic (exact) mass is 902 g/mol. The van der Waals surface area contributed by atoms with Crippen LogP contribution in [0.15, 0.2) is 97.2 Å². The topological polar surface area (TPSA) is 196 Å². The van der Waals surface area contributed by atoms with E-state index in [0.29, 0.717) is 52.3 Å². The Bertz CT molecular complexity index is 2590. The molecule has 6 N–H and O–H groups in total. The Labute approximate surface area is 379 Å². The second-order valence-corrected chi connectivity index (χ2v) is 17.0. The van der Waals surface area contributed by atoms with E-state index in [1.54, 1.807) is 54.6 Å². The molecule has 0 aliphatic carbocycles. The first-order valence-electron chi connectivity index (χ1n) is 21.7. The average molecular weight is 903 g/mol. The number of aliphatic hydroxyl groups is 2. The molecule has 4 aliphatic rings. The molecule has 5 aromatic rings. The van der Waals surface area contributed by atoms with Gasteiger partial charge in [0.05, 0.1) is 34.5 Å². The van der Waals surface area contributed by atoms with Crippen LogP contribution in [0.2, 0.25) is 5.02 Å². The number of benzene rings is 4. The van der Waals surface area contributed by atoms with Crippen molar-refractivity contribution in [2.24, 2.45) is 0 Å². The van der Waals surface area contributed by atoms with E-state index < -0.39 is 42.0 Å². The third-order valence-electron chi connectivity index (χ3n) is 12.5. The Balaban J connectivity index is 0.719. The Hall–Kier alpha value is -6.66. The van der Waals surface area contributed by atoms with Gasteiger partial charge in [0.1, 0.15) is 12.3 Å². The summed E-state index contributed by atoms with van der Waals surface area (Å²) in [5.41, 5.74) is 4.71. The molecule has 4 aliphatic heterocycles. The zero-order valence-corrected chi connectivity index (χ0v) is 36.0. The summed E-state index contributed by atoms with van der Waals surface area (Å²) in [4.78, 5) is 68.5. The Morgan fingerprint density at radius 3 is 2.25 bits per heavy atom. The molecule has 1 aromatic heterocycles. The van der Waals surface area contributed by atoms with Crippen molar-refractivity contribution >= 4 is 69.7 Å². The first-order chi connectivity index (χ1) is 31.5. The fraction of sp³-hybridized carbons (Fsp3) is 0.319. The fourth-order valence-electron chi connectivity index (χ4n) is 8.91. The van der Waals surface area contributed by atoms with Crippen molar-refractivity contribution in [2.75, 3.05) is 60.1 Å². The summed E-state index contributed by atoms with van der Waals surface area (Å²) < 4.78 is 14.8. The molecule has 3 fully saturated rings. The minimum atomic E-state index is -1.01. The number of piperidine rings is 2. The highest BCUT2D eigenvalue weighted by molar-refractivity contribution is 6.33. The molecule has 0 bridgehead atoms. The highest BCUT2D eigenvalue weighted by atomic mass is 35.5. The number of halogens is 2. The summed E-state index contributed by atoms with van der Waals surface area (Å²) >= 11 is 6.20. The van der Waals surface area contributed by atoms with Gasteiger partial charge in [0.2, 0.25) is 17.8 Å². The number of imide groups is 1. The molecule has 0 radical (unpaired) electrons. The Morgan fingerprint density at radius 1 is 0.831 bits per heavy atom. The molecular formula is C47H48ClFN10O6. The largest absolute Gasteiger partial charge is 0.374 e. The second-order valence-electron chi connectivity index (χ2n) is 16.6. The summed E-state index contributed by atoms with van der Waals surface area (Å²) in [5.74, 6) is -1.93. The van der Waals surface area contributed by atoms with Gasteiger partial charge >= 0.3 is 0 Å². The van der Waals surface area contributed by atoms with Crippen molar-refractivity contribution in [3.8, 4) is 0 Å². The van der Waals surface area contributed by atoms with E-state index in [1.807, 2.05) is 41.3 Å². The number of rotatable bonds is 12. The molecule has 3 unspecified atom stereocenters. The fourth-order valence-corrected chi connectivity index (χ4v) is 9.10. The van der Waals surface area contributed by atoms with E-state index in [1.165, 1.54) is 0 Å². The number of aliphatic hydroxyl groups excluding tert-OH is 2. The third-order valence-corrected chi connectivity index (χ3v) is 12.8. The number of nitrogens with one attached hydrogen (secondary N) is 4. The second kappa shape index (κ2) is 18.8. The first-order valence-corrected chi connectivity index (χ1v) is 22.1. The van der Waals surface area contributed by atoms with Crippen LogP contribution < -0.4 is 26.2 Å². The van der Waals surface area contributed by atoms with Crippen LogP contribution in [0.4, 0.5) is 38.9 Å². The maximum atomic E-state index is 14.8. The molecule has 3 atom stereocenters. The highest BCUT2D eigenvalue weighted by Crippen LogP contribution is 2.33. The number of nitrogens with zero attached hydrogens (tertiary/aromatic N) is 6. The predicted octanol–water partition coefficient (Wildman–Crippen LogP) is 5.41. The van der Waals surface area contributed by atoms with Crippen molar-refractivity contribution in [3.05, 3.63) is 130 Å². The molecule has 4 amide bonds. The van der Waals surface area contributed by atoms with Gasteiger partial charge in [0, 0.05) is 67.9 Å². The number of piperazine rings is 1. The van der Waals surface area contributed by atoms with Crippen LogP contribution >= 0.6 is 11.6 Å². The van der Waals surface area contributed by atoms with E-state index >= 15 is 0 Å². The molecule has 4 aromatic carbocycles. The molecule has 18 heteroatoms. The van der Waals surface area contributed by atoms with E-state index in [0.717, 1.165) is 61.4 Å². The van der Waals surface area contributed by atoms with E-state index in [4.69, 9.17) is 11.6 Å². The van der Waals surface area contributed by atoms with E-state index in [9.17, 15) is 33.8 Å². The molecule has 336 valence electrons. The molecule has 3 saturated heterocycles. The number of carbonyl (C=O) groups excluding carboxylic acids is 4. The number of fused-ring (bicyclic) bond motifs is 1. The first kappa shape index (κ1) is 43.6. The summed E-state index contributed by atoms with van der Waals surface area (Å²) in [7, 11) is 0. The lowest BCUT2D eigenvalue weighted by molar-refractivity contribution is -0.133. The third kappa shape index (κ3) is 9.59. The number of para-hydroxylation sites is 1. The number of hydrogen-bond donors (Lipinski definition) is 6. The molecule has 65 heavy (non-hydrogen) atoms. The normalized spacial score (nSPS) is 19.8. The Kier molecular flexibility index (Phi) is 12.6. The van der Waals surface area contributed by atoms with Crippen molar-refractivity contribution in [3.63, 3.8) is 0 Å². The molecular weight excluding hydrogens is 855 g/mol. The lowest BCUT2D eigenvalue weighted by Crippen LogP contribution is -2.55. The van der Waals surface area contributed by atoms with Crippen LogP contribution in [0.5, 0.6) is 0 Å². The highest BCUT2D eigenvalue weighted by Gasteiger charge is 2.45. The van der Waals surface area contributed by atoms with Gasteiger partial charge in [0.15, 0.2) is 17.9 Å². The van der Waals surface area contributed by atoms with Gasteiger partial charge in [0.25, 0.3) is 11.8 Å².